The summed E-state index contributed by atoms with van der Waals surface area (Å²) in [5.74, 6) is 2.00. The van der Waals surface area contributed by atoms with Crippen LogP contribution in [0.3, 0.4) is 0 Å². The van der Waals surface area contributed by atoms with Gasteiger partial charge in [-0.2, -0.15) is 0 Å². The Hall–Kier alpha value is -2.73. The summed E-state index contributed by atoms with van der Waals surface area (Å²) >= 11 is 0. The van der Waals surface area contributed by atoms with Crippen LogP contribution in [-0.2, 0) is 6.54 Å². The third-order valence-corrected chi connectivity index (χ3v) is 3.89. The molecular weight excluding hydrogens is 330 g/mol. The van der Waals surface area contributed by atoms with Crippen molar-refractivity contribution in [1.82, 2.24) is 10.2 Å². The number of ether oxygens (including phenoxy) is 2. The molecule has 1 atom stereocenters. The highest BCUT2D eigenvalue weighted by Crippen LogP contribution is 2.26. The molecule has 0 aromatic heterocycles. The molecule has 26 heavy (non-hydrogen) atoms. The van der Waals surface area contributed by atoms with Crippen LogP contribution in [0.2, 0.25) is 0 Å². The Morgan fingerprint density at radius 2 is 1.69 bits per heavy atom. The molecule has 0 heterocycles. The average molecular weight is 357 g/mol. The van der Waals surface area contributed by atoms with Gasteiger partial charge in [0.25, 0.3) is 0 Å². The molecule has 2 aromatic carbocycles. The SMILES string of the molecule is COc1cc(OC)cc(C(O)CNC(=NCc2ccccc2)N(C)C)c1. The second kappa shape index (κ2) is 9.68. The van der Waals surface area contributed by atoms with Gasteiger partial charge in [0.05, 0.1) is 26.9 Å². The summed E-state index contributed by atoms with van der Waals surface area (Å²) in [6, 6.07) is 15.4. The second-order valence-corrected chi connectivity index (χ2v) is 6.06. The van der Waals surface area contributed by atoms with Gasteiger partial charge in [0.15, 0.2) is 5.96 Å². The van der Waals surface area contributed by atoms with Gasteiger partial charge in [-0.25, -0.2) is 4.99 Å². The van der Waals surface area contributed by atoms with Gasteiger partial charge in [0, 0.05) is 26.7 Å². The first kappa shape index (κ1) is 19.6. The predicted molar refractivity (Wildman–Crippen MR) is 104 cm³/mol. The molecule has 0 spiro atoms. The maximum Gasteiger partial charge on any atom is 0.193 e. The van der Waals surface area contributed by atoms with Gasteiger partial charge in [0.2, 0.25) is 0 Å². The van der Waals surface area contributed by atoms with Gasteiger partial charge < -0.3 is 24.8 Å². The molecule has 6 heteroatoms. The van der Waals surface area contributed by atoms with Gasteiger partial charge in [0.1, 0.15) is 11.5 Å². The quantitative estimate of drug-likeness (QED) is 0.589. The van der Waals surface area contributed by atoms with E-state index in [1.165, 1.54) is 0 Å². The molecule has 0 radical (unpaired) electrons. The fourth-order valence-electron chi connectivity index (χ4n) is 2.43. The Bertz CT molecular complexity index is 695. The zero-order valence-electron chi connectivity index (χ0n) is 15.8. The highest BCUT2D eigenvalue weighted by atomic mass is 16.5. The molecule has 0 fully saturated rings. The van der Waals surface area contributed by atoms with Gasteiger partial charge >= 0.3 is 0 Å². The van der Waals surface area contributed by atoms with Crippen LogP contribution in [0.25, 0.3) is 0 Å². The van der Waals surface area contributed by atoms with Crippen LogP contribution < -0.4 is 14.8 Å². The van der Waals surface area contributed by atoms with Crippen LogP contribution in [0, 0.1) is 0 Å². The first-order chi connectivity index (χ1) is 12.5. The van der Waals surface area contributed by atoms with E-state index in [0.717, 1.165) is 11.1 Å². The highest BCUT2D eigenvalue weighted by molar-refractivity contribution is 5.79. The van der Waals surface area contributed by atoms with Gasteiger partial charge in [-0.3, -0.25) is 0 Å². The highest BCUT2D eigenvalue weighted by Gasteiger charge is 2.12. The standard InChI is InChI=1S/C20H27N3O3/c1-23(2)20(21-13-15-8-6-5-7-9-15)22-14-19(24)16-10-17(25-3)12-18(11-16)26-4/h5-12,19,24H,13-14H2,1-4H3,(H,21,22). The number of hydrogen-bond acceptors (Lipinski definition) is 4. The summed E-state index contributed by atoms with van der Waals surface area (Å²) in [4.78, 5) is 6.49. The van der Waals surface area contributed by atoms with Crippen molar-refractivity contribution < 1.29 is 14.6 Å². The molecule has 0 saturated heterocycles. The zero-order valence-corrected chi connectivity index (χ0v) is 15.8. The fourth-order valence-corrected chi connectivity index (χ4v) is 2.43. The minimum Gasteiger partial charge on any atom is -0.497 e. The smallest absolute Gasteiger partial charge is 0.193 e. The summed E-state index contributed by atoms with van der Waals surface area (Å²) < 4.78 is 10.5. The number of hydrogen-bond donors (Lipinski definition) is 2. The molecule has 0 bridgehead atoms. The minimum absolute atomic E-state index is 0.322. The van der Waals surface area contributed by atoms with Gasteiger partial charge in [-0.05, 0) is 23.3 Å². The number of benzene rings is 2. The summed E-state index contributed by atoms with van der Waals surface area (Å²) in [6.07, 6.45) is -0.721. The van der Waals surface area contributed by atoms with E-state index < -0.39 is 6.10 Å². The lowest BCUT2D eigenvalue weighted by molar-refractivity contribution is 0.179. The second-order valence-electron chi connectivity index (χ2n) is 6.06. The molecule has 2 N–H and O–H groups in total. The Balaban J connectivity index is 2.04. The van der Waals surface area contributed by atoms with E-state index >= 15 is 0 Å². The van der Waals surface area contributed by atoms with Crippen LogP contribution in [0.5, 0.6) is 11.5 Å². The van der Waals surface area contributed by atoms with Crippen molar-refractivity contribution in [3.8, 4) is 11.5 Å². The summed E-state index contributed by atoms with van der Waals surface area (Å²) in [6.45, 7) is 0.895. The van der Waals surface area contributed by atoms with E-state index in [1.54, 1.807) is 32.4 Å². The largest absolute Gasteiger partial charge is 0.497 e. The maximum absolute atomic E-state index is 10.5. The molecule has 2 aromatic rings. The van der Waals surface area contributed by atoms with Crippen LogP contribution in [-0.4, -0.2) is 50.8 Å². The van der Waals surface area contributed by atoms with Crippen molar-refractivity contribution in [1.29, 1.82) is 0 Å². The third kappa shape index (κ3) is 5.67. The summed E-state index contributed by atoms with van der Waals surface area (Å²) in [5.41, 5.74) is 1.85. The van der Waals surface area contributed by atoms with E-state index in [0.29, 0.717) is 30.5 Å². The first-order valence-corrected chi connectivity index (χ1v) is 8.44. The zero-order chi connectivity index (χ0) is 18.9. The van der Waals surface area contributed by atoms with Crippen molar-refractivity contribution in [2.75, 3.05) is 34.9 Å². The van der Waals surface area contributed by atoms with Crippen molar-refractivity contribution in [2.24, 2.45) is 4.99 Å². The van der Waals surface area contributed by atoms with Crippen LogP contribution in [0.4, 0.5) is 0 Å². The number of methoxy groups -OCH3 is 2. The molecule has 0 saturated carbocycles. The number of nitrogens with zero attached hydrogens (tertiary/aromatic N) is 2. The Labute approximate surface area is 155 Å². The van der Waals surface area contributed by atoms with E-state index in [9.17, 15) is 5.11 Å². The van der Waals surface area contributed by atoms with E-state index in [4.69, 9.17) is 9.47 Å². The Morgan fingerprint density at radius 1 is 1.08 bits per heavy atom. The molecule has 0 aliphatic heterocycles. The predicted octanol–water partition coefficient (Wildman–Crippen LogP) is 2.44. The van der Waals surface area contributed by atoms with E-state index in [-0.39, 0.29) is 0 Å². The molecule has 6 nitrogen and oxygen atoms in total. The number of aliphatic imine (C=N–C) groups is 1. The van der Waals surface area contributed by atoms with E-state index in [2.05, 4.69) is 10.3 Å². The number of rotatable bonds is 7. The normalized spacial score (nSPS) is 12.4. The molecule has 140 valence electrons. The molecule has 0 aliphatic carbocycles. The topological polar surface area (TPSA) is 66.3 Å². The van der Waals surface area contributed by atoms with Crippen LogP contribution in [0.15, 0.2) is 53.5 Å². The van der Waals surface area contributed by atoms with Gasteiger partial charge in [-0.15, -0.1) is 0 Å². The molecule has 2 rings (SSSR count). The molecule has 1 unspecified atom stereocenters. The van der Waals surface area contributed by atoms with Crippen LogP contribution in [0.1, 0.15) is 17.2 Å². The lowest BCUT2D eigenvalue weighted by Crippen LogP contribution is -2.38. The van der Waals surface area contributed by atoms with Crippen molar-refractivity contribution in [3.63, 3.8) is 0 Å². The number of nitrogens with one attached hydrogen (secondary N) is 1. The molecule has 0 aliphatic rings. The fraction of sp³-hybridized carbons (Fsp3) is 0.350. The summed E-state index contributed by atoms with van der Waals surface area (Å²) in [7, 11) is 7.00. The Kier molecular flexibility index (Phi) is 7.29. The molecule has 0 amide bonds. The van der Waals surface area contributed by atoms with E-state index in [1.807, 2.05) is 49.3 Å². The monoisotopic (exact) mass is 357 g/mol. The van der Waals surface area contributed by atoms with Crippen LogP contribution >= 0.6 is 0 Å². The van der Waals surface area contributed by atoms with Crippen molar-refractivity contribution >= 4 is 5.96 Å². The first-order valence-electron chi connectivity index (χ1n) is 8.44. The number of guanidine groups is 1. The van der Waals surface area contributed by atoms with Crippen molar-refractivity contribution in [3.05, 3.63) is 59.7 Å². The average Bonchev–Trinajstić information content (AvgIpc) is 2.67. The number of aliphatic hydroxyl groups is 1. The third-order valence-electron chi connectivity index (χ3n) is 3.89. The van der Waals surface area contributed by atoms with Gasteiger partial charge in [-0.1, -0.05) is 30.3 Å². The maximum atomic E-state index is 10.5. The lowest BCUT2D eigenvalue weighted by atomic mass is 10.1. The summed E-state index contributed by atoms with van der Waals surface area (Å²) in [5, 5.41) is 13.7. The molecular formula is C20H27N3O3. The number of aliphatic hydroxyl groups excluding tert-OH is 1. The Morgan fingerprint density at radius 3 is 2.23 bits per heavy atom. The lowest BCUT2D eigenvalue weighted by Gasteiger charge is -2.20. The van der Waals surface area contributed by atoms with Crippen molar-refractivity contribution in [2.45, 2.75) is 12.6 Å². The minimum atomic E-state index is -0.721.